The van der Waals surface area contributed by atoms with Gasteiger partial charge in [-0.3, -0.25) is 4.79 Å². The fourth-order valence-electron chi connectivity index (χ4n) is 7.65. The monoisotopic (exact) mass is 647 g/mol. The van der Waals surface area contributed by atoms with Crippen LogP contribution in [0.25, 0.3) is 0 Å². The van der Waals surface area contributed by atoms with Crippen LogP contribution in [0.15, 0.2) is 48.5 Å². The largest absolute Gasteiger partial charge is 0.436 e. The molecule has 0 saturated carbocycles. The molecule has 0 spiro atoms. The third kappa shape index (κ3) is 7.90. The molecular weight excluding hydrogens is 598 g/mol. The second kappa shape index (κ2) is 14.6. The summed E-state index contributed by atoms with van der Waals surface area (Å²) in [6.07, 6.45) is 3.70. The Balaban J connectivity index is 1.05. The molecule has 11 nitrogen and oxygen atoms in total. The minimum absolute atomic E-state index is 0.0247. The Morgan fingerprint density at radius 2 is 1.60 bits per heavy atom. The smallest absolute Gasteiger partial charge is 0.410 e. The molecule has 0 aromatic heterocycles. The summed E-state index contributed by atoms with van der Waals surface area (Å²) in [5, 5.41) is 23.0. The molecule has 254 valence electrons. The maximum absolute atomic E-state index is 13.9. The Hall–Kier alpha value is -3.67. The van der Waals surface area contributed by atoms with Crippen molar-refractivity contribution in [1.29, 1.82) is 0 Å². The van der Waals surface area contributed by atoms with Crippen LogP contribution < -0.4 is 5.32 Å². The maximum atomic E-state index is 13.9. The molecule has 4 heterocycles. The Labute approximate surface area is 277 Å². The Kier molecular flexibility index (Phi) is 10.3. The zero-order chi connectivity index (χ0) is 33.0. The Bertz CT molecular complexity index is 1410. The molecule has 0 radical (unpaired) electrons. The minimum Gasteiger partial charge on any atom is -0.436 e. The van der Waals surface area contributed by atoms with Crippen molar-refractivity contribution in [1.82, 2.24) is 19.6 Å². The van der Waals surface area contributed by atoms with Gasteiger partial charge in [-0.1, -0.05) is 48.0 Å². The van der Waals surface area contributed by atoms with Crippen molar-refractivity contribution in [2.75, 3.05) is 57.7 Å². The van der Waals surface area contributed by atoms with E-state index in [9.17, 15) is 24.6 Å². The van der Waals surface area contributed by atoms with Gasteiger partial charge in [0.05, 0.1) is 12.2 Å². The van der Waals surface area contributed by atoms with Gasteiger partial charge >= 0.3 is 12.1 Å². The molecule has 3 saturated heterocycles. The number of nitrogens with one attached hydrogen (secondary N) is 1. The average Bonchev–Trinajstić information content (AvgIpc) is 3.26. The number of rotatable bonds is 7. The first kappa shape index (κ1) is 33.2. The molecule has 0 aliphatic carbocycles. The van der Waals surface area contributed by atoms with Crippen LogP contribution in [0.4, 0.5) is 15.3 Å². The number of fused-ring (bicyclic) bond motifs is 1. The molecule has 1 atom stereocenters. The molecule has 4 aliphatic heterocycles. The van der Waals surface area contributed by atoms with Gasteiger partial charge in [0.1, 0.15) is 0 Å². The van der Waals surface area contributed by atoms with Crippen LogP contribution in [-0.2, 0) is 22.4 Å². The van der Waals surface area contributed by atoms with Gasteiger partial charge in [0.25, 0.3) is 5.91 Å². The fourth-order valence-corrected chi connectivity index (χ4v) is 7.65. The van der Waals surface area contributed by atoms with Crippen LogP contribution in [0, 0.1) is 6.92 Å². The first-order valence-electron chi connectivity index (χ1n) is 17.2. The topological polar surface area (TPSA) is 126 Å². The van der Waals surface area contributed by atoms with Crippen molar-refractivity contribution in [3.63, 3.8) is 0 Å². The summed E-state index contributed by atoms with van der Waals surface area (Å²) < 4.78 is 6.03. The van der Waals surface area contributed by atoms with Crippen molar-refractivity contribution >= 4 is 23.7 Å². The Morgan fingerprint density at radius 3 is 2.30 bits per heavy atom. The maximum Gasteiger partial charge on any atom is 0.410 e. The van der Waals surface area contributed by atoms with E-state index >= 15 is 0 Å². The number of hydrogen-bond donors (Lipinski definition) is 3. The molecule has 3 N–H and O–H groups in total. The highest BCUT2D eigenvalue weighted by Gasteiger charge is 2.38. The van der Waals surface area contributed by atoms with E-state index < -0.39 is 17.8 Å². The number of nitrogens with zero attached hydrogens (tertiary/aromatic N) is 4. The number of ether oxygens (including phenoxy) is 1. The number of benzene rings is 2. The lowest BCUT2D eigenvalue weighted by Gasteiger charge is -2.44. The number of urea groups is 1. The van der Waals surface area contributed by atoms with Crippen LogP contribution in [-0.4, -0.2) is 124 Å². The minimum atomic E-state index is -0.983. The number of aliphatic hydroxyl groups is 2. The molecule has 3 fully saturated rings. The summed E-state index contributed by atoms with van der Waals surface area (Å²) in [6, 6.07) is 16.1. The van der Waals surface area contributed by atoms with E-state index in [1.807, 2.05) is 65.3 Å². The highest BCUT2D eigenvalue weighted by molar-refractivity contribution is 5.91. The normalized spacial score (nSPS) is 21.9. The predicted molar refractivity (Wildman–Crippen MR) is 178 cm³/mol. The SMILES string of the molecule is Cc1cccc(C[C@@H](OC(=O)N2CCC(N3CCc4ccccc4NC3=O)CC2)C(=O)N2CCC(N3CCC(O)(CO)CC3)CC2)c1. The summed E-state index contributed by atoms with van der Waals surface area (Å²) >= 11 is 0. The molecule has 0 unspecified atom stereocenters. The zero-order valence-electron chi connectivity index (χ0n) is 27.5. The van der Waals surface area contributed by atoms with E-state index in [0.29, 0.717) is 70.9 Å². The van der Waals surface area contributed by atoms with Crippen molar-refractivity contribution < 1.29 is 29.3 Å². The Morgan fingerprint density at radius 1 is 0.915 bits per heavy atom. The fraction of sp³-hybridized carbons (Fsp3) is 0.583. The molecule has 11 heteroatoms. The standard InChI is InChI=1S/C36H49N5O6/c1-26-5-4-6-27(23-26)24-32(33(43)39-16-10-29(11-17-39)38-21-14-36(46,25-42)15-22-38)47-35(45)40-18-12-30(13-19-40)41-20-9-28-7-2-3-8-31(28)37-34(41)44/h2-8,23,29-30,32,42,46H,9-22,24-25H2,1H3,(H,37,44)/t32-/m1/s1. The summed E-state index contributed by atoms with van der Waals surface area (Å²) in [4.78, 5) is 48.3. The van der Waals surface area contributed by atoms with Gasteiger partial charge in [-0.2, -0.15) is 0 Å². The van der Waals surface area contributed by atoms with Crippen LogP contribution in [0.3, 0.4) is 0 Å². The van der Waals surface area contributed by atoms with E-state index in [2.05, 4.69) is 10.2 Å². The molecule has 2 aromatic rings. The van der Waals surface area contributed by atoms with E-state index in [1.54, 1.807) is 4.90 Å². The van der Waals surface area contributed by atoms with Crippen molar-refractivity contribution in [3.05, 3.63) is 65.2 Å². The summed E-state index contributed by atoms with van der Waals surface area (Å²) in [5.74, 6) is -0.165. The van der Waals surface area contributed by atoms with Gasteiger partial charge in [0, 0.05) is 70.0 Å². The summed E-state index contributed by atoms with van der Waals surface area (Å²) in [6.45, 7) is 5.97. The van der Waals surface area contributed by atoms with Gasteiger partial charge in [-0.15, -0.1) is 0 Å². The first-order chi connectivity index (χ1) is 22.7. The van der Waals surface area contributed by atoms with Crippen molar-refractivity contribution in [2.24, 2.45) is 0 Å². The molecule has 4 aliphatic rings. The number of amides is 4. The number of aryl methyl sites for hydroxylation is 1. The number of piperidine rings is 3. The van der Waals surface area contributed by atoms with Crippen LogP contribution in [0.5, 0.6) is 0 Å². The van der Waals surface area contributed by atoms with E-state index in [1.165, 1.54) is 0 Å². The summed E-state index contributed by atoms with van der Waals surface area (Å²) in [5.41, 5.74) is 3.03. The van der Waals surface area contributed by atoms with Gasteiger partial charge in [0.15, 0.2) is 6.10 Å². The number of aliphatic hydroxyl groups excluding tert-OH is 1. The van der Waals surface area contributed by atoms with Crippen LogP contribution >= 0.6 is 0 Å². The van der Waals surface area contributed by atoms with Gasteiger partial charge in [-0.05, 0) is 69.1 Å². The second-order valence-electron chi connectivity index (χ2n) is 13.8. The molecule has 47 heavy (non-hydrogen) atoms. The molecule has 6 rings (SSSR count). The molecule has 4 amide bonds. The van der Waals surface area contributed by atoms with E-state index in [4.69, 9.17) is 4.74 Å². The predicted octanol–water partition coefficient (Wildman–Crippen LogP) is 3.41. The van der Waals surface area contributed by atoms with Gasteiger partial charge in [0.2, 0.25) is 0 Å². The summed E-state index contributed by atoms with van der Waals surface area (Å²) in [7, 11) is 0. The second-order valence-corrected chi connectivity index (χ2v) is 13.8. The molecular formula is C36H49N5O6. The number of hydrogen-bond acceptors (Lipinski definition) is 7. The lowest BCUT2D eigenvalue weighted by atomic mass is 9.90. The molecule has 0 bridgehead atoms. The lowest BCUT2D eigenvalue weighted by molar-refractivity contribution is -0.143. The third-order valence-corrected chi connectivity index (χ3v) is 10.6. The van der Waals surface area contributed by atoms with Crippen molar-refractivity contribution in [3.8, 4) is 0 Å². The number of carbonyl (C=O) groups excluding carboxylic acids is 3. The number of para-hydroxylation sites is 1. The highest BCUT2D eigenvalue weighted by Crippen LogP contribution is 2.28. The van der Waals surface area contributed by atoms with Gasteiger partial charge in [-0.25, -0.2) is 9.59 Å². The number of anilines is 1. The first-order valence-corrected chi connectivity index (χ1v) is 17.2. The van der Waals surface area contributed by atoms with Crippen LogP contribution in [0.2, 0.25) is 0 Å². The average molecular weight is 648 g/mol. The van der Waals surface area contributed by atoms with Gasteiger partial charge < -0.3 is 39.9 Å². The molecule has 2 aromatic carbocycles. The van der Waals surface area contributed by atoms with Crippen molar-refractivity contribution in [2.45, 2.75) is 82.1 Å². The quantitative estimate of drug-likeness (QED) is 0.421. The lowest BCUT2D eigenvalue weighted by Crippen LogP contribution is -2.54. The number of likely N-dealkylation sites (tertiary alicyclic amines) is 3. The highest BCUT2D eigenvalue weighted by atomic mass is 16.6. The zero-order valence-corrected chi connectivity index (χ0v) is 27.5. The third-order valence-electron chi connectivity index (χ3n) is 10.6. The number of carbonyl (C=O) groups is 3. The van der Waals surface area contributed by atoms with E-state index in [0.717, 1.165) is 54.7 Å². The van der Waals surface area contributed by atoms with E-state index in [-0.39, 0.29) is 24.6 Å². The van der Waals surface area contributed by atoms with Crippen LogP contribution in [0.1, 0.15) is 55.2 Å².